The van der Waals surface area contributed by atoms with Crippen molar-refractivity contribution in [2.24, 2.45) is 0 Å². The van der Waals surface area contributed by atoms with Crippen LogP contribution in [0.15, 0.2) is 34.9 Å². The topological polar surface area (TPSA) is 90.1 Å². The maximum absolute atomic E-state index is 12.0. The van der Waals surface area contributed by atoms with Crippen LogP contribution in [0.1, 0.15) is 46.8 Å². The van der Waals surface area contributed by atoms with E-state index in [0.29, 0.717) is 15.9 Å². The molecule has 25 heavy (non-hydrogen) atoms. The smallest absolute Gasteiger partial charge is 0.279 e. The van der Waals surface area contributed by atoms with Gasteiger partial charge in [0.1, 0.15) is 17.6 Å². The van der Waals surface area contributed by atoms with Crippen molar-refractivity contribution in [3.8, 4) is 5.75 Å². The molecule has 0 saturated carbocycles. The molecule has 1 N–H and O–H groups in total. The molecule has 0 saturated heterocycles. The quantitative estimate of drug-likeness (QED) is 0.721. The Balaban J connectivity index is 1.62. The number of carbonyl (C=O) groups excluding carboxylic acids is 1. The van der Waals surface area contributed by atoms with Crippen LogP contribution in [-0.2, 0) is 6.42 Å². The monoisotopic (exact) mass is 358 g/mol. The van der Waals surface area contributed by atoms with E-state index in [1.54, 1.807) is 13.0 Å². The molecule has 0 aliphatic carbocycles. The largest absolute Gasteiger partial charge is 0.483 e. The Labute approximate surface area is 149 Å². The Hall–Kier alpha value is -2.74. The number of anilines is 1. The molecule has 8 heteroatoms. The van der Waals surface area contributed by atoms with Gasteiger partial charge < -0.3 is 9.26 Å². The number of aryl methyl sites for hydroxylation is 2. The molecule has 0 aliphatic rings. The first-order valence-corrected chi connectivity index (χ1v) is 8.70. The standard InChI is InChI=1S/C17H18N4O3S/c1-4-12-5-7-13(8-6-12)23-11(3)16-19-20-17(25-16)18-15(22)14-9-10(2)24-21-14/h5-9,11H,4H2,1-3H3,(H,18,20,22). The van der Waals surface area contributed by atoms with Gasteiger partial charge >= 0.3 is 0 Å². The summed E-state index contributed by atoms with van der Waals surface area (Å²) < 4.78 is 10.8. The van der Waals surface area contributed by atoms with Gasteiger partial charge in [-0.3, -0.25) is 10.1 Å². The van der Waals surface area contributed by atoms with Crippen LogP contribution >= 0.6 is 11.3 Å². The fourth-order valence-electron chi connectivity index (χ4n) is 2.14. The van der Waals surface area contributed by atoms with Gasteiger partial charge in [0.2, 0.25) is 5.13 Å². The van der Waals surface area contributed by atoms with Gasteiger partial charge in [0.05, 0.1) is 0 Å². The lowest BCUT2D eigenvalue weighted by molar-refractivity contribution is 0.101. The molecule has 2 heterocycles. The van der Waals surface area contributed by atoms with E-state index < -0.39 is 0 Å². The van der Waals surface area contributed by atoms with E-state index in [-0.39, 0.29) is 17.7 Å². The molecule has 1 amide bonds. The Morgan fingerprint density at radius 3 is 2.72 bits per heavy atom. The summed E-state index contributed by atoms with van der Waals surface area (Å²) in [5.41, 5.74) is 1.46. The highest BCUT2D eigenvalue weighted by molar-refractivity contribution is 7.15. The van der Waals surface area contributed by atoms with Crippen molar-refractivity contribution in [2.45, 2.75) is 33.3 Å². The van der Waals surface area contributed by atoms with Crippen molar-refractivity contribution < 1.29 is 14.1 Å². The van der Waals surface area contributed by atoms with E-state index in [2.05, 4.69) is 27.6 Å². The Morgan fingerprint density at radius 1 is 1.32 bits per heavy atom. The molecule has 2 aromatic heterocycles. The number of rotatable bonds is 6. The number of benzene rings is 1. The number of hydrogen-bond donors (Lipinski definition) is 1. The van der Waals surface area contributed by atoms with Gasteiger partial charge in [0, 0.05) is 6.07 Å². The zero-order valence-electron chi connectivity index (χ0n) is 14.1. The van der Waals surface area contributed by atoms with Crippen LogP contribution in [0.5, 0.6) is 5.75 Å². The highest BCUT2D eigenvalue weighted by Gasteiger charge is 2.17. The lowest BCUT2D eigenvalue weighted by Gasteiger charge is -2.11. The molecule has 0 spiro atoms. The highest BCUT2D eigenvalue weighted by Crippen LogP contribution is 2.26. The van der Waals surface area contributed by atoms with E-state index in [1.807, 2.05) is 31.2 Å². The van der Waals surface area contributed by atoms with Crippen LogP contribution in [0.2, 0.25) is 0 Å². The molecule has 0 radical (unpaired) electrons. The van der Waals surface area contributed by atoms with E-state index in [4.69, 9.17) is 9.26 Å². The first-order valence-electron chi connectivity index (χ1n) is 7.89. The molecule has 0 fully saturated rings. The van der Waals surface area contributed by atoms with Crippen molar-refractivity contribution in [1.29, 1.82) is 0 Å². The zero-order valence-corrected chi connectivity index (χ0v) is 15.0. The predicted molar refractivity (Wildman–Crippen MR) is 94.0 cm³/mol. The average Bonchev–Trinajstić information content (AvgIpc) is 3.25. The van der Waals surface area contributed by atoms with E-state index >= 15 is 0 Å². The summed E-state index contributed by atoms with van der Waals surface area (Å²) in [5, 5.41) is 15.4. The molecule has 7 nitrogen and oxygen atoms in total. The van der Waals surface area contributed by atoms with Crippen LogP contribution in [0.3, 0.4) is 0 Å². The molecule has 1 unspecified atom stereocenters. The molecule has 130 valence electrons. The van der Waals surface area contributed by atoms with E-state index in [0.717, 1.165) is 12.2 Å². The van der Waals surface area contributed by atoms with E-state index in [9.17, 15) is 4.79 Å². The first kappa shape index (κ1) is 17.1. The van der Waals surface area contributed by atoms with Gasteiger partial charge in [0.25, 0.3) is 5.91 Å². The fourth-order valence-corrected chi connectivity index (χ4v) is 2.86. The minimum absolute atomic E-state index is 0.203. The number of nitrogens with one attached hydrogen (secondary N) is 1. The maximum Gasteiger partial charge on any atom is 0.279 e. The van der Waals surface area contributed by atoms with Crippen LogP contribution in [0, 0.1) is 6.92 Å². The Bertz CT molecular complexity index is 857. The summed E-state index contributed by atoms with van der Waals surface area (Å²) in [6.45, 7) is 5.72. The van der Waals surface area contributed by atoms with Crippen molar-refractivity contribution in [2.75, 3.05) is 5.32 Å². The van der Waals surface area contributed by atoms with Gasteiger partial charge in [0.15, 0.2) is 10.7 Å². The summed E-state index contributed by atoms with van der Waals surface area (Å²) in [6.07, 6.45) is 0.713. The second-order valence-corrected chi connectivity index (χ2v) is 6.49. The number of aromatic nitrogens is 3. The summed E-state index contributed by atoms with van der Waals surface area (Å²) in [5.74, 6) is 0.950. The van der Waals surface area contributed by atoms with Gasteiger partial charge in [-0.15, -0.1) is 10.2 Å². The van der Waals surface area contributed by atoms with Crippen LogP contribution in [0.4, 0.5) is 5.13 Å². The molecule has 1 atom stereocenters. The second-order valence-electron chi connectivity index (χ2n) is 5.48. The van der Waals surface area contributed by atoms with Gasteiger partial charge in [-0.05, 0) is 38.0 Å². The normalized spacial score (nSPS) is 12.0. The molecule has 3 rings (SSSR count). The minimum Gasteiger partial charge on any atom is -0.483 e. The van der Waals surface area contributed by atoms with Crippen LogP contribution in [0.25, 0.3) is 0 Å². The number of nitrogens with zero attached hydrogens (tertiary/aromatic N) is 3. The summed E-state index contributed by atoms with van der Waals surface area (Å²) in [6, 6.07) is 9.50. The predicted octanol–water partition coefficient (Wildman–Crippen LogP) is 3.79. The number of carbonyl (C=O) groups is 1. The van der Waals surface area contributed by atoms with Gasteiger partial charge in [-0.1, -0.05) is 35.5 Å². The first-order chi connectivity index (χ1) is 12.0. The average molecular weight is 358 g/mol. The summed E-state index contributed by atoms with van der Waals surface area (Å²) in [7, 11) is 0. The van der Waals surface area contributed by atoms with Crippen molar-refractivity contribution in [3.05, 3.63) is 52.4 Å². The number of ether oxygens (including phenoxy) is 1. The third-order valence-electron chi connectivity index (χ3n) is 3.51. The van der Waals surface area contributed by atoms with Gasteiger partial charge in [-0.2, -0.15) is 0 Å². The Kier molecular flexibility index (Phi) is 5.08. The van der Waals surface area contributed by atoms with Crippen molar-refractivity contribution in [3.63, 3.8) is 0 Å². The van der Waals surface area contributed by atoms with Gasteiger partial charge in [-0.25, -0.2) is 0 Å². The third kappa shape index (κ3) is 4.21. The fraction of sp³-hybridized carbons (Fsp3) is 0.294. The molecule has 3 aromatic rings. The molecule has 0 aliphatic heterocycles. The SMILES string of the molecule is CCc1ccc(OC(C)c2nnc(NC(=O)c3cc(C)on3)s2)cc1. The maximum atomic E-state index is 12.0. The summed E-state index contributed by atoms with van der Waals surface area (Å²) in [4.78, 5) is 12.0. The van der Waals surface area contributed by atoms with Crippen LogP contribution in [-0.4, -0.2) is 21.3 Å². The third-order valence-corrected chi connectivity index (χ3v) is 4.51. The lowest BCUT2D eigenvalue weighted by atomic mass is 10.2. The highest BCUT2D eigenvalue weighted by atomic mass is 32.1. The molecular formula is C17H18N4O3S. The molecule has 0 bridgehead atoms. The number of hydrogen-bond acceptors (Lipinski definition) is 7. The van der Waals surface area contributed by atoms with Crippen molar-refractivity contribution >= 4 is 22.4 Å². The molecule has 1 aromatic carbocycles. The van der Waals surface area contributed by atoms with Crippen LogP contribution < -0.4 is 10.1 Å². The Morgan fingerprint density at radius 2 is 2.08 bits per heavy atom. The van der Waals surface area contributed by atoms with Crippen molar-refractivity contribution in [1.82, 2.24) is 15.4 Å². The molecular weight excluding hydrogens is 340 g/mol. The van der Waals surface area contributed by atoms with E-state index in [1.165, 1.54) is 16.9 Å². The lowest BCUT2D eigenvalue weighted by Crippen LogP contribution is -2.11. The number of amides is 1. The second kappa shape index (κ2) is 7.43. The summed E-state index contributed by atoms with van der Waals surface area (Å²) >= 11 is 1.26. The minimum atomic E-state index is -0.386. The zero-order chi connectivity index (χ0) is 17.8.